The SMILES string of the molecule is COc1cccc(C23CCN(C(=O)c4ccccc4)CC2Cc2c([nH]c4cc(Br)ccc24)C3)c1. The van der Waals surface area contributed by atoms with Crippen LogP contribution in [0.5, 0.6) is 5.75 Å². The van der Waals surface area contributed by atoms with Crippen LogP contribution in [0.1, 0.15) is 33.6 Å². The minimum atomic E-state index is -0.0346. The molecule has 2 heterocycles. The number of ether oxygens (including phenoxy) is 1. The average molecular weight is 515 g/mol. The number of hydrogen-bond donors (Lipinski definition) is 1. The molecule has 1 aliphatic carbocycles. The second-order valence-electron chi connectivity index (χ2n) is 9.61. The second kappa shape index (κ2) is 8.31. The number of piperidine rings is 1. The number of likely N-dealkylation sites (tertiary alicyclic amines) is 1. The molecule has 5 heteroatoms. The first kappa shape index (κ1) is 21.5. The highest BCUT2D eigenvalue weighted by molar-refractivity contribution is 9.10. The van der Waals surface area contributed by atoms with E-state index in [1.807, 2.05) is 36.4 Å². The van der Waals surface area contributed by atoms with Crippen molar-refractivity contribution in [3.05, 3.63) is 99.7 Å². The van der Waals surface area contributed by atoms with E-state index in [1.165, 1.54) is 27.7 Å². The van der Waals surface area contributed by atoms with Gasteiger partial charge in [0.25, 0.3) is 5.91 Å². The molecule has 0 spiro atoms. The van der Waals surface area contributed by atoms with E-state index in [0.29, 0.717) is 5.92 Å². The highest BCUT2D eigenvalue weighted by Crippen LogP contribution is 2.49. The number of amides is 1. The number of aromatic nitrogens is 1. The maximum absolute atomic E-state index is 13.4. The number of benzene rings is 3. The van der Waals surface area contributed by atoms with E-state index in [9.17, 15) is 4.79 Å². The lowest BCUT2D eigenvalue weighted by molar-refractivity contribution is 0.0501. The average Bonchev–Trinajstić information content (AvgIpc) is 3.22. The van der Waals surface area contributed by atoms with Gasteiger partial charge >= 0.3 is 0 Å². The lowest BCUT2D eigenvalue weighted by atomic mass is 9.58. The molecule has 1 amide bonds. The molecule has 1 aliphatic heterocycles. The number of H-pyrrole nitrogens is 1. The van der Waals surface area contributed by atoms with Crippen LogP contribution in [0.25, 0.3) is 10.9 Å². The van der Waals surface area contributed by atoms with Gasteiger partial charge in [0.1, 0.15) is 5.75 Å². The second-order valence-corrected chi connectivity index (χ2v) is 10.5. The van der Waals surface area contributed by atoms with Crippen molar-refractivity contribution < 1.29 is 9.53 Å². The number of aromatic amines is 1. The van der Waals surface area contributed by atoms with E-state index < -0.39 is 0 Å². The van der Waals surface area contributed by atoms with Gasteiger partial charge in [-0.05, 0) is 72.7 Å². The van der Waals surface area contributed by atoms with Crippen LogP contribution in [0.3, 0.4) is 0 Å². The van der Waals surface area contributed by atoms with Gasteiger partial charge in [-0.1, -0.05) is 52.3 Å². The molecule has 1 saturated heterocycles. The van der Waals surface area contributed by atoms with Gasteiger partial charge in [0.05, 0.1) is 7.11 Å². The fraction of sp³-hybridized carbons (Fsp3) is 0.276. The Hall–Kier alpha value is -3.05. The Morgan fingerprint density at radius 2 is 1.94 bits per heavy atom. The minimum Gasteiger partial charge on any atom is -0.497 e. The van der Waals surface area contributed by atoms with Crippen LogP contribution in [0.4, 0.5) is 0 Å². The van der Waals surface area contributed by atoms with Crippen LogP contribution in [-0.4, -0.2) is 36.0 Å². The van der Waals surface area contributed by atoms with Gasteiger partial charge in [-0.25, -0.2) is 0 Å². The van der Waals surface area contributed by atoms with Crippen LogP contribution in [0.15, 0.2) is 77.3 Å². The third-order valence-electron chi connectivity index (χ3n) is 7.90. The summed E-state index contributed by atoms with van der Waals surface area (Å²) in [4.78, 5) is 19.2. The molecule has 0 radical (unpaired) electrons. The van der Waals surface area contributed by atoms with Gasteiger partial charge in [0.2, 0.25) is 0 Å². The van der Waals surface area contributed by atoms with Gasteiger partial charge in [-0.15, -0.1) is 0 Å². The van der Waals surface area contributed by atoms with E-state index in [-0.39, 0.29) is 11.3 Å². The predicted molar refractivity (Wildman–Crippen MR) is 139 cm³/mol. The van der Waals surface area contributed by atoms with Gasteiger partial charge in [0, 0.05) is 45.1 Å². The molecule has 4 aromatic rings. The molecule has 3 aromatic carbocycles. The Balaban J connectivity index is 1.43. The van der Waals surface area contributed by atoms with Crippen molar-refractivity contribution in [3.63, 3.8) is 0 Å². The Morgan fingerprint density at radius 1 is 1.09 bits per heavy atom. The molecule has 34 heavy (non-hydrogen) atoms. The summed E-state index contributed by atoms with van der Waals surface area (Å²) in [7, 11) is 1.73. The number of hydrogen-bond acceptors (Lipinski definition) is 2. The number of carbonyl (C=O) groups excluding carboxylic acids is 1. The molecule has 0 bridgehead atoms. The number of fused-ring (bicyclic) bond motifs is 4. The zero-order valence-corrected chi connectivity index (χ0v) is 20.8. The van der Waals surface area contributed by atoms with Crippen molar-refractivity contribution in [1.29, 1.82) is 0 Å². The zero-order valence-electron chi connectivity index (χ0n) is 19.2. The molecule has 2 atom stereocenters. The minimum absolute atomic E-state index is 0.0346. The van der Waals surface area contributed by atoms with Crippen molar-refractivity contribution in [1.82, 2.24) is 9.88 Å². The maximum atomic E-state index is 13.4. The lowest BCUT2D eigenvalue weighted by Crippen LogP contribution is -2.55. The normalized spacial score (nSPS) is 21.7. The Kier molecular flexibility index (Phi) is 5.25. The van der Waals surface area contributed by atoms with E-state index in [2.05, 4.69) is 62.2 Å². The van der Waals surface area contributed by atoms with Crippen molar-refractivity contribution in [2.45, 2.75) is 24.7 Å². The van der Waals surface area contributed by atoms with Crippen LogP contribution in [-0.2, 0) is 18.3 Å². The molecule has 1 aromatic heterocycles. The fourth-order valence-electron chi connectivity index (χ4n) is 6.16. The van der Waals surface area contributed by atoms with Crippen LogP contribution >= 0.6 is 15.9 Å². The molecular weight excluding hydrogens is 488 g/mol. The highest BCUT2D eigenvalue weighted by Gasteiger charge is 2.49. The van der Waals surface area contributed by atoms with Gasteiger partial charge < -0.3 is 14.6 Å². The van der Waals surface area contributed by atoms with Crippen molar-refractivity contribution in [3.8, 4) is 5.75 Å². The summed E-state index contributed by atoms with van der Waals surface area (Å²) in [6, 6.07) is 24.7. The Morgan fingerprint density at radius 3 is 2.76 bits per heavy atom. The van der Waals surface area contributed by atoms with Gasteiger partial charge in [-0.3, -0.25) is 4.79 Å². The molecular formula is C29H27BrN2O2. The molecule has 172 valence electrons. The van der Waals surface area contributed by atoms with Crippen molar-refractivity contribution in [2.75, 3.05) is 20.2 Å². The molecule has 1 N–H and O–H groups in total. The summed E-state index contributed by atoms with van der Waals surface area (Å²) >= 11 is 3.62. The summed E-state index contributed by atoms with van der Waals surface area (Å²) < 4.78 is 6.67. The highest BCUT2D eigenvalue weighted by atomic mass is 79.9. The van der Waals surface area contributed by atoms with Crippen molar-refractivity contribution in [2.24, 2.45) is 5.92 Å². The summed E-state index contributed by atoms with van der Waals surface area (Å²) in [5.41, 5.74) is 5.96. The number of halogens is 1. The molecule has 1 fully saturated rings. The van der Waals surface area contributed by atoms with Crippen LogP contribution < -0.4 is 4.74 Å². The monoisotopic (exact) mass is 514 g/mol. The maximum Gasteiger partial charge on any atom is 0.253 e. The summed E-state index contributed by atoms with van der Waals surface area (Å²) in [5, 5.41) is 1.30. The third kappa shape index (κ3) is 3.45. The summed E-state index contributed by atoms with van der Waals surface area (Å²) in [6.45, 7) is 1.51. The van der Waals surface area contributed by atoms with Gasteiger partial charge in [-0.2, -0.15) is 0 Å². The largest absolute Gasteiger partial charge is 0.497 e. The van der Waals surface area contributed by atoms with Crippen molar-refractivity contribution >= 4 is 32.7 Å². The van der Waals surface area contributed by atoms with Gasteiger partial charge in [0.15, 0.2) is 0 Å². The van der Waals surface area contributed by atoms with E-state index in [4.69, 9.17) is 4.74 Å². The number of rotatable bonds is 3. The topological polar surface area (TPSA) is 45.3 Å². The molecule has 0 saturated carbocycles. The van der Waals surface area contributed by atoms with E-state index in [0.717, 1.165) is 48.1 Å². The van der Waals surface area contributed by atoms with E-state index in [1.54, 1.807) is 7.11 Å². The van der Waals surface area contributed by atoms with Crippen LogP contribution in [0.2, 0.25) is 0 Å². The number of carbonyl (C=O) groups is 1. The quantitative estimate of drug-likeness (QED) is 0.357. The van der Waals surface area contributed by atoms with E-state index >= 15 is 0 Å². The standard InChI is InChI=1S/C29H27BrN2O2/c1-34-23-9-5-8-20(14-23)29-12-13-32(28(33)19-6-3-2-4-7-19)18-21(29)15-25-24-11-10-22(30)16-26(24)31-27(25)17-29/h2-11,14,16,21,31H,12-13,15,17-18H2,1H3. The fourth-order valence-corrected chi connectivity index (χ4v) is 6.52. The number of nitrogens with zero attached hydrogens (tertiary/aromatic N) is 1. The predicted octanol–water partition coefficient (Wildman–Crippen LogP) is 6.14. The molecule has 2 aliphatic rings. The summed E-state index contributed by atoms with van der Waals surface area (Å²) in [6.07, 6.45) is 2.83. The molecule has 2 unspecified atom stereocenters. The number of methoxy groups -OCH3 is 1. The zero-order chi connectivity index (χ0) is 23.3. The Bertz CT molecular complexity index is 1380. The lowest BCUT2D eigenvalue weighted by Gasteiger charge is -2.51. The first-order valence-electron chi connectivity index (χ1n) is 11.9. The smallest absolute Gasteiger partial charge is 0.253 e. The summed E-state index contributed by atoms with van der Waals surface area (Å²) in [5.74, 6) is 1.35. The first-order chi connectivity index (χ1) is 16.6. The third-order valence-corrected chi connectivity index (χ3v) is 8.40. The van der Waals surface area contributed by atoms with Crippen LogP contribution in [0, 0.1) is 5.92 Å². The number of nitrogens with one attached hydrogen (secondary N) is 1. The molecule has 4 nitrogen and oxygen atoms in total. The molecule has 6 rings (SSSR count). The first-order valence-corrected chi connectivity index (χ1v) is 12.6. The Labute approximate surface area is 208 Å².